The van der Waals surface area contributed by atoms with Gasteiger partial charge in [-0.3, -0.25) is 9.69 Å². The maximum Gasteiger partial charge on any atom is 0.336 e. The second kappa shape index (κ2) is 7.23. The van der Waals surface area contributed by atoms with E-state index in [0.717, 1.165) is 5.56 Å². The topological polar surface area (TPSA) is 73.2 Å². The second-order valence-electron chi connectivity index (χ2n) is 5.95. The maximum absolute atomic E-state index is 12.9. The first-order valence-electron chi connectivity index (χ1n) is 8.19. The standard InChI is InChI=1S/C20H19N3O3/c1-3-6-16-7-4-5-8-18(16)22-13-19(24)23(20(22)25)17-11-9-15(10-12-17)14(2)21-26/h3-5,7-12,26H,1,6,13H2,2H3. The lowest BCUT2D eigenvalue weighted by Crippen LogP contribution is -2.33. The number of para-hydroxylation sites is 1. The Labute approximate surface area is 151 Å². The predicted octanol–water partition coefficient (Wildman–Crippen LogP) is 3.59. The number of nitrogens with zero attached hydrogens (tertiary/aromatic N) is 3. The molecule has 0 bridgehead atoms. The van der Waals surface area contributed by atoms with Gasteiger partial charge in [0.15, 0.2) is 0 Å². The summed E-state index contributed by atoms with van der Waals surface area (Å²) < 4.78 is 0. The van der Waals surface area contributed by atoms with Crippen molar-refractivity contribution < 1.29 is 14.8 Å². The number of imide groups is 1. The van der Waals surface area contributed by atoms with Crippen LogP contribution in [-0.2, 0) is 11.2 Å². The van der Waals surface area contributed by atoms with E-state index in [1.54, 1.807) is 37.3 Å². The fraction of sp³-hybridized carbons (Fsp3) is 0.150. The van der Waals surface area contributed by atoms with Crippen LogP contribution in [0.3, 0.4) is 0 Å². The number of hydrogen-bond acceptors (Lipinski definition) is 4. The van der Waals surface area contributed by atoms with Gasteiger partial charge in [0.05, 0.1) is 11.4 Å². The molecule has 6 heteroatoms. The highest BCUT2D eigenvalue weighted by Crippen LogP contribution is 2.29. The Morgan fingerprint density at radius 3 is 2.54 bits per heavy atom. The molecule has 1 aliphatic rings. The Balaban J connectivity index is 1.91. The minimum absolute atomic E-state index is 0.00807. The Hall–Kier alpha value is -3.41. The van der Waals surface area contributed by atoms with Crippen LogP contribution in [0.2, 0.25) is 0 Å². The number of anilines is 2. The molecule has 0 unspecified atom stereocenters. The number of benzene rings is 2. The number of allylic oxidation sites excluding steroid dienone is 1. The monoisotopic (exact) mass is 349 g/mol. The zero-order valence-electron chi connectivity index (χ0n) is 14.4. The molecule has 2 aromatic carbocycles. The number of amides is 3. The van der Waals surface area contributed by atoms with Crippen LogP contribution in [-0.4, -0.2) is 29.4 Å². The molecular formula is C20H19N3O3. The fourth-order valence-corrected chi connectivity index (χ4v) is 2.96. The van der Waals surface area contributed by atoms with Gasteiger partial charge in [0, 0.05) is 5.69 Å². The zero-order valence-corrected chi connectivity index (χ0v) is 14.4. The summed E-state index contributed by atoms with van der Waals surface area (Å²) in [5.74, 6) is -0.288. The molecule has 3 amide bonds. The Morgan fingerprint density at radius 1 is 1.19 bits per heavy atom. The minimum atomic E-state index is -0.383. The largest absolute Gasteiger partial charge is 0.411 e. The van der Waals surface area contributed by atoms with Gasteiger partial charge in [0.1, 0.15) is 6.54 Å². The smallest absolute Gasteiger partial charge is 0.336 e. The van der Waals surface area contributed by atoms with Gasteiger partial charge in [-0.05, 0) is 42.7 Å². The molecule has 1 N–H and O–H groups in total. The molecule has 3 rings (SSSR count). The molecule has 0 aliphatic carbocycles. The van der Waals surface area contributed by atoms with Gasteiger partial charge in [-0.1, -0.05) is 41.6 Å². The van der Waals surface area contributed by atoms with Crippen molar-refractivity contribution in [3.8, 4) is 0 Å². The van der Waals surface area contributed by atoms with E-state index in [4.69, 9.17) is 5.21 Å². The van der Waals surface area contributed by atoms with E-state index in [0.29, 0.717) is 29.1 Å². The zero-order chi connectivity index (χ0) is 18.7. The Bertz CT molecular complexity index is 887. The van der Waals surface area contributed by atoms with E-state index < -0.39 is 0 Å². The molecule has 2 aromatic rings. The van der Waals surface area contributed by atoms with Crippen molar-refractivity contribution in [1.82, 2.24) is 0 Å². The van der Waals surface area contributed by atoms with Crippen LogP contribution in [0.25, 0.3) is 0 Å². The van der Waals surface area contributed by atoms with Crippen LogP contribution in [0, 0.1) is 0 Å². The maximum atomic E-state index is 12.9. The average Bonchev–Trinajstić information content (AvgIpc) is 2.96. The molecule has 0 spiro atoms. The van der Waals surface area contributed by atoms with Crippen LogP contribution in [0.4, 0.5) is 16.2 Å². The van der Waals surface area contributed by atoms with Gasteiger partial charge >= 0.3 is 6.03 Å². The average molecular weight is 349 g/mol. The van der Waals surface area contributed by atoms with Gasteiger partial charge in [-0.2, -0.15) is 0 Å². The SMILES string of the molecule is C=CCc1ccccc1N1CC(=O)N(c2ccc(C(C)=NO)cc2)C1=O. The van der Waals surface area contributed by atoms with Crippen LogP contribution < -0.4 is 9.80 Å². The van der Waals surface area contributed by atoms with Crippen molar-refractivity contribution in [1.29, 1.82) is 0 Å². The van der Waals surface area contributed by atoms with Crippen LogP contribution in [0.1, 0.15) is 18.1 Å². The number of carbonyl (C=O) groups is 2. The minimum Gasteiger partial charge on any atom is -0.411 e. The molecule has 0 radical (unpaired) electrons. The molecule has 132 valence electrons. The molecule has 1 aliphatic heterocycles. The molecule has 0 saturated carbocycles. The van der Waals surface area contributed by atoms with Crippen molar-refractivity contribution >= 4 is 29.0 Å². The molecule has 6 nitrogen and oxygen atoms in total. The summed E-state index contributed by atoms with van der Waals surface area (Å²) in [4.78, 5) is 28.0. The van der Waals surface area contributed by atoms with Crippen molar-refractivity contribution in [2.45, 2.75) is 13.3 Å². The first-order valence-corrected chi connectivity index (χ1v) is 8.19. The van der Waals surface area contributed by atoms with Gasteiger partial charge in [-0.25, -0.2) is 9.69 Å². The predicted molar refractivity (Wildman–Crippen MR) is 101 cm³/mol. The summed E-state index contributed by atoms with van der Waals surface area (Å²) >= 11 is 0. The molecule has 26 heavy (non-hydrogen) atoms. The molecule has 1 saturated heterocycles. The van der Waals surface area contributed by atoms with E-state index in [-0.39, 0.29) is 18.5 Å². The van der Waals surface area contributed by atoms with Crippen LogP contribution in [0.5, 0.6) is 0 Å². The van der Waals surface area contributed by atoms with Crippen molar-refractivity contribution in [2.75, 3.05) is 16.3 Å². The first-order chi connectivity index (χ1) is 12.6. The third kappa shape index (κ3) is 3.09. The van der Waals surface area contributed by atoms with E-state index in [1.807, 2.05) is 24.3 Å². The van der Waals surface area contributed by atoms with Crippen molar-refractivity contribution in [3.05, 3.63) is 72.3 Å². The molecule has 1 heterocycles. The van der Waals surface area contributed by atoms with Crippen molar-refractivity contribution in [2.24, 2.45) is 5.16 Å². The number of urea groups is 1. The van der Waals surface area contributed by atoms with E-state index in [2.05, 4.69) is 11.7 Å². The summed E-state index contributed by atoms with van der Waals surface area (Å²) in [6.45, 7) is 5.40. The van der Waals surface area contributed by atoms with Gasteiger partial charge < -0.3 is 5.21 Å². The fourth-order valence-electron chi connectivity index (χ4n) is 2.96. The highest BCUT2D eigenvalue weighted by Gasteiger charge is 2.38. The van der Waals surface area contributed by atoms with E-state index >= 15 is 0 Å². The summed E-state index contributed by atoms with van der Waals surface area (Å²) in [6, 6.07) is 13.9. The summed E-state index contributed by atoms with van der Waals surface area (Å²) in [6.07, 6.45) is 2.38. The van der Waals surface area contributed by atoms with Crippen molar-refractivity contribution in [3.63, 3.8) is 0 Å². The number of rotatable bonds is 5. The Morgan fingerprint density at radius 2 is 1.88 bits per heavy atom. The highest BCUT2D eigenvalue weighted by atomic mass is 16.4. The summed E-state index contributed by atoms with van der Waals surface area (Å²) in [5.41, 5.74) is 3.31. The first kappa shape index (κ1) is 17.4. The van der Waals surface area contributed by atoms with Gasteiger partial charge in [0.25, 0.3) is 5.91 Å². The number of hydrogen-bond donors (Lipinski definition) is 1. The number of oxime groups is 1. The quantitative estimate of drug-likeness (QED) is 0.295. The van der Waals surface area contributed by atoms with Gasteiger partial charge in [-0.15, -0.1) is 6.58 Å². The Kier molecular flexibility index (Phi) is 4.84. The van der Waals surface area contributed by atoms with Crippen LogP contribution in [0.15, 0.2) is 66.3 Å². The highest BCUT2D eigenvalue weighted by molar-refractivity contribution is 6.27. The normalized spacial score (nSPS) is 14.9. The number of carbonyl (C=O) groups excluding carboxylic acids is 2. The lowest BCUT2D eigenvalue weighted by Gasteiger charge is -2.19. The molecular weight excluding hydrogens is 330 g/mol. The van der Waals surface area contributed by atoms with Crippen LogP contribution >= 0.6 is 0 Å². The van der Waals surface area contributed by atoms with E-state index in [1.165, 1.54) is 9.80 Å². The van der Waals surface area contributed by atoms with Gasteiger partial charge in [0.2, 0.25) is 0 Å². The third-order valence-corrected chi connectivity index (χ3v) is 4.30. The summed E-state index contributed by atoms with van der Waals surface area (Å²) in [7, 11) is 0. The lowest BCUT2D eigenvalue weighted by atomic mass is 10.1. The molecule has 1 fully saturated rings. The van der Waals surface area contributed by atoms with E-state index in [9.17, 15) is 9.59 Å². The molecule has 0 aromatic heterocycles. The summed E-state index contributed by atoms with van der Waals surface area (Å²) in [5, 5.41) is 12.0. The third-order valence-electron chi connectivity index (χ3n) is 4.30. The molecule has 0 atom stereocenters. The lowest BCUT2D eigenvalue weighted by molar-refractivity contribution is -0.115. The second-order valence-corrected chi connectivity index (χ2v) is 5.95.